The van der Waals surface area contributed by atoms with Gasteiger partial charge in [0.2, 0.25) is 0 Å². The van der Waals surface area contributed by atoms with Crippen molar-refractivity contribution in [3.8, 4) is 0 Å². The zero-order valence-electron chi connectivity index (χ0n) is 10.2. The molecule has 90 valence electrons. The normalized spacial score (nSPS) is 25.9. The lowest BCUT2D eigenvalue weighted by atomic mass is 9.96. The number of hydrogen-bond donors (Lipinski definition) is 1. The van der Waals surface area contributed by atoms with Crippen molar-refractivity contribution in [2.24, 2.45) is 0 Å². The molecule has 0 saturated carbocycles. The van der Waals surface area contributed by atoms with E-state index in [9.17, 15) is 0 Å². The van der Waals surface area contributed by atoms with Crippen LogP contribution in [0.25, 0.3) is 0 Å². The first-order valence-corrected chi connectivity index (χ1v) is 6.02. The van der Waals surface area contributed by atoms with Gasteiger partial charge >= 0.3 is 0 Å². The number of aryl methyl sites for hydroxylation is 1. The molecule has 1 aliphatic heterocycles. The second-order valence-corrected chi connectivity index (χ2v) is 4.75. The number of nitrogens with zero attached hydrogens (tertiary/aromatic N) is 2. The zero-order valence-corrected chi connectivity index (χ0v) is 10.2. The second kappa shape index (κ2) is 4.97. The molecule has 2 heterocycles. The van der Waals surface area contributed by atoms with E-state index in [2.05, 4.69) is 21.8 Å². The summed E-state index contributed by atoms with van der Waals surface area (Å²) in [5.41, 5.74) is 0.0206. The maximum Gasteiger partial charge on any atom is 0.105 e. The first-order valence-electron chi connectivity index (χ1n) is 6.02. The lowest BCUT2D eigenvalue weighted by Crippen LogP contribution is -2.45. The summed E-state index contributed by atoms with van der Waals surface area (Å²) in [4.78, 5) is 4.19. The molecule has 0 amide bonds. The van der Waals surface area contributed by atoms with Crippen LogP contribution in [-0.2, 0) is 11.3 Å². The third-order valence-electron chi connectivity index (χ3n) is 3.26. The lowest BCUT2D eigenvalue weighted by molar-refractivity contribution is -0.0496. The quantitative estimate of drug-likeness (QED) is 0.837. The fourth-order valence-corrected chi connectivity index (χ4v) is 2.18. The minimum atomic E-state index is 0.0206. The molecule has 1 N–H and O–H groups in total. The smallest absolute Gasteiger partial charge is 0.105 e. The average molecular weight is 223 g/mol. The van der Waals surface area contributed by atoms with E-state index in [1.165, 1.54) is 6.42 Å². The molecule has 16 heavy (non-hydrogen) atoms. The topological polar surface area (TPSA) is 39.1 Å². The molecule has 1 unspecified atom stereocenters. The Kier molecular flexibility index (Phi) is 3.61. The van der Waals surface area contributed by atoms with Crippen molar-refractivity contribution in [1.29, 1.82) is 0 Å². The first-order chi connectivity index (χ1) is 7.70. The van der Waals surface area contributed by atoms with Gasteiger partial charge in [-0.05, 0) is 33.2 Å². The maximum absolute atomic E-state index is 5.99. The summed E-state index contributed by atoms with van der Waals surface area (Å²) < 4.78 is 8.11. The van der Waals surface area contributed by atoms with E-state index in [0.29, 0.717) is 0 Å². The Labute approximate surface area is 97.0 Å². The molecule has 1 aromatic heterocycles. The Bertz CT molecular complexity index is 329. The lowest BCUT2D eigenvalue weighted by Gasteiger charge is -2.34. The zero-order chi connectivity index (χ0) is 11.4. The molecule has 1 saturated heterocycles. The highest BCUT2D eigenvalue weighted by atomic mass is 16.5. The maximum atomic E-state index is 5.99. The molecular weight excluding hydrogens is 202 g/mol. The Morgan fingerprint density at radius 1 is 1.62 bits per heavy atom. The molecule has 1 atom stereocenters. The molecule has 4 heteroatoms. The van der Waals surface area contributed by atoms with Crippen LogP contribution in [0.4, 0.5) is 0 Å². The van der Waals surface area contributed by atoms with Gasteiger partial charge in [-0.25, -0.2) is 4.98 Å². The third kappa shape index (κ3) is 2.83. The Morgan fingerprint density at radius 3 is 3.12 bits per heavy atom. The van der Waals surface area contributed by atoms with Crippen LogP contribution in [0, 0.1) is 6.92 Å². The molecule has 1 aromatic rings. The summed E-state index contributed by atoms with van der Waals surface area (Å²) in [5.74, 6) is 1.05. The van der Waals surface area contributed by atoms with Crippen LogP contribution in [0.1, 0.15) is 25.6 Å². The predicted molar refractivity (Wildman–Crippen MR) is 63.4 cm³/mol. The molecule has 0 aromatic carbocycles. The highest BCUT2D eigenvalue weighted by Crippen LogP contribution is 2.19. The van der Waals surface area contributed by atoms with Crippen LogP contribution >= 0.6 is 0 Å². The van der Waals surface area contributed by atoms with Gasteiger partial charge in [0.25, 0.3) is 0 Å². The molecule has 0 spiro atoms. The number of piperidine rings is 1. The molecule has 2 rings (SSSR count). The van der Waals surface area contributed by atoms with Gasteiger partial charge in [-0.2, -0.15) is 0 Å². The monoisotopic (exact) mass is 223 g/mol. The number of nitrogens with one attached hydrogen (secondary N) is 1. The van der Waals surface area contributed by atoms with Crippen molar-refractivity contribution in [1.82, 2.24) is 14.9 Å². The minimum absolute atomic E-state index is 0.0206. The molecule has 1 fully saturated rings. The third-order valence-corrected chi connectivity index (χ3v) is 3.26. The molecule has 0 aliphatic carbocycles. The standard InChI is InChI=1S/C12H21N3O/c1-11-14-6-7-15(11)8-9-16-12(2)4-3-5-13-10-12/h6-7,13H,3-5,8-10H2,1-2H3. The molecule has 1 aliphatic rings. The van der Waals surface area contributed by atoms with E-state index in [0.717, 1.165) is 38.5 Å². The number of rotatable bonds is 4. The largest absolute Gasteiger partial charge is 0.372 e. The van der Waals surface area contributed by atoms with E-state index in [-0.39, 0.29) is 5.60 Å². The Morgan fingerprint density at radius 2 is 2.50 bits per heavy atom. The van der Waals surface area contributed by atoms with Gasteiger partial charge in [-0.3, -0.25) is 0 Å². The average Bonchev–Trinajstić information content (AvgIpc) is 2.65. The summed E-state index contributed by atoms with van der Waals surface area (Å²) >= 11 is 0. The molecule has 0 bridgehead atoms. The first kappa shape index (κ1) is 11.6. The highest BCUT2D eigenvalue weighted by Gasteiger charge is 2.26. The Hall–Kier alpha value is -0.870. The highest BCUT2D eigenvalue weighted by molar-refractivity contribution is 4.88. The van der Waals surface area contributed by atoms with Gasteiger partial charge in [-0.15, -0.1) is 0 Å². The number of imidazole rings is 1. The van der Waals surface area contributed by atoms with Crippen molar-refractivity contribution in [3.05, 3.63) is 18.2 Å². The second-order valence-electron chi connectivity index (χ2n) is 4.75. The van der Waals surface area contributed by atoms with Crippen molar-refractivity contribution < 1.29 is 4.74 Å². The van der Waals surface area contributed by atoms with E-state index in [1.807, 2.05) is 19.3 Å². The van der Waals surface area contributed by atoms with Gasteiger partial charge in [0.15, 0.2) is 0 Å². The number of hydrogen-bond acceptors (Lipinski definition) is 3. The van der Waals surface area contributed by atoms with Crippen LogP contribution in [0.5, 0.6) is 0 Å². The fraction of sp³-hybridized carbons (Fsp3) is 0.750. The summed E-state index contributed by atoms with van der Waals surface area (Å²) in [6.45, 7) is 7.95. The summed E-state index contributed by atoms with van der Waals surface area (Å²) in [7, 11) is 0. The summed E-state index contributed by atoms with van der Waals surface area (Å²) in [6.07, 6.45) is 6.20. The van der Waals surface area contributed by atoms with Crippen LogP contribution in [0.15, 0.2) is 12.4 Å². The van der Waals surface area contributed by atoms with E-state index >= 15 is 0 Å². The molecule has 0 radical (unpaired) electrons. The fourth-order valence-electron chi connectivity index (χ4n) is 2.18. The van der Waals surface area contributed by atoms with Crippen molar-refractivity contribution in [3.63, 3.8) is 0 Å². The number of aromatic nitrogens is 2. The van der Waals surface area contributed by atoms with Crippen LogP contribution < -0.4 is 5.32 Å². The van der Waals surface area contributed by atoms with E-state index in [4.69, 9.17) is 4.74 Å². The van der Waals surface area contributed by atoms with Crippen LogP contribution in [-0.4, -0.2) is 34.8 Å². The SMILES string of the molecule is Cc1nccn1CCOC1(C)CCCNC1. The molecular formula is C12H21N3O. The van der Waals surface area contributed by atoms with Gasteiger partial charge in [0.1, 0.15) is 5.82 Å². The molecule has 4 nitrogen and oxygen atoms in total. The van der Waals surface area contributed by atoms with Gasteiger partial charge < -0.3 is 14.6 Å². The number of ether oxygens (including phenoxy) is 1. The van der Waals surface area contributed by atoms with E-state index in [1.54, 1.807) is 0 Å². The van der Waals surface area contributed by atoms with Gasteiger partial charge in [0, 0.05) is 25.5 Å². The van der Waals surface area contributed by atoms with Crippen molar-refractivity contribution in [2.45, 2.75) is 38.8 Å². The van der Waals surface area contributed by atoms with Crippen molar-refractivity contribution >= 4 is 0 Å². The van der Waals surface area contributed by atoms with E-state index < -0.39 is 0 Å². The minimum Gasteiger partial charge on any atom is -0.372 e. The van der Waals surface area contributed by atoms with Gasteiger partial charge in [0.05, 0.1) is 12.2 Å². The van der Waals surface area contributed by atoms with Crippen LogP contribution in [0.3, 0.4) is 0 Å². The van der Waals surface area contributed by atoms with Crippen LogP contribution in [0.2, 0.25) is 0 Å². The summed E-state index contributed by atoms with van der Waals surface area (Å²) in [6, 6.07) is 0. The summed E-state index contributed by atoms with van der Waals surface area (Å²) in [5, 5.41) is 3.39. The van der Waals surface area contributed by atoms with Crippen molar-refractivity contribution in [2.75, 3.05) is 19.7 Å². The predicted octanol–water partition coefficient (Wildman–Crippen LogP) is 1.35. The Balaban J connectivity index is 1.77. The van der Waals surface area contributed by atoms with Gasteiger partial charge in [-0.1, -0.05) is 0 Å².